The van der Waals surface area contributed by atoms with Gasteiger partial charge < -0.3 is 14.8 Å². The molecule has 2 atom stereocenters. The maximum Gasteiger partial charge on any atom is 0.425 e. The fraction of sp³-hybridized carbons (Fsp3) is 0.765. The third-order valence-corrected chi connectivity index (χ3v) is 3.00. The lowest BCUT2D eigenvalue weighted by Gasteiger charge is -2.25. The van der Waals surface area contributed by atoms with Crippen molar-refractivity contribution < 1.29 is 32.2 Å². The summed E-state index contributed by atoms with van der Waals surface area (Å²) in [5, 5.41) is 2.62. The van der Waals surface area contributed by atoms with Gasteiger partial charge in [0.25, 0.3) is 0 Å². The zero-order valence-electron chi connectivity index (χ0n) is 15.6. The lowest BCUT2D eigenvalue weighted by atomic mass is 9.98. The topological polar surface area (TPSA) is 64.6 Å². The number of rotatable bonds is 7. The second-order valence-corrected chi connectivity index (χ2v) is 7.37. The average Bonchev–Trinajstić information content (AvgIpc) is 2.33. The van der Waals surface area contributed by atoms with Gasteiger partial charge in [-0.2, -0.15) is 13.2 Å². The number of hydrogen-bond acceptors (Lipinski definition) is 4. The van der Waals surface area contributed by atoms with Crippen molar-refractivity contribution in [3.05, 3.63) is 12.2 Å². The number of esters is 1. The number of amides is 1. The molecule has 8 heteroatoms. The fourth-order valence-corrected chi connectivity index (χ4v) is 1.93. The van der Waals surface area contributed by atoms with Gasteiger partial charge in [0.15, 0.2) is 6.10 Å². The molecule has 0 aromatic heterocycles. The summed E-state index contributed by atoms with van der Waals surface area (Å²) < 4.78 is 46.9. The van der Waals surface area contributed by atoms with Crippen LogP contribution in [-0.4, -0.2) is 36.0 Å². The van der Waals surface area contributed by atoms with Crippen molar-refractivity contribution in [1.29, 1.82) is 0 Å². The molecule has 2 unspecified atom stereocenters. The first-order valence-corrected chi connectivity index (χ1v) is 8.06. The number of halogens is 3. The summed E-state index contributed by atoms with van der Waals surface area (Å²) in [7, 11) is 0. The number of nitrogens with one attached hydrogen (secondary N) is 1. The van der Waals surface area contributed by atoms with Crippen LogP contribution >= 0.6 is 0 Å². The molecule has 1 amide bonds. The second-order valence-electron chi connectivity index (χ2n) is 7.37. The number of hydrogen-bond donors (Lipinski definition) is 1. The molecule has 0 bridgehead atoms. The summed E-state index contributed by atoms with van der Waals surface area (Å²) in [5.74, 6) is -0.956. The predicted octanol–water partition coefficient (Wildman–Crippen LogP) is 4.37. The summed E-state index contributed by atoms with van der Waals surface area (Å²) in [6, 6.07) is -0.504. The third-order valence-electron chi connectivity index (χ3n) is 3.00. The Morgan fingerprint density at radius 1 is 1.12 bits per heavy atom. The van der Waals surface area contributed by atoms with Crippen LogP contribution in [0.1, 0.15) is 54.4 Å². The van der Waals surface area contributed by atoms with Crippen molar-refractivity contribution in [2.24, 2.45) is 5.92 Å². The van der Waals surface area contributed by atoms with Crippen molar-refractivity contribution in [2.75, 3.05) is 0 Å². The van der Waals surface area contributed by atoms with Crippen LogP contribution in [0.4, 0.5) is 18.0 Å². The van der Waals surface area contributed by atoms with E-state index in [-0.39, 0.29) is 17.9 Å². The molecule has 0 rings (SSSR count). The van der Waals surface area contributed by atoms with Gasteiger partial charge in [0.2, 0.25) is 0 Å². The van der Waals surface area contributed by atoms with E-state index in [1.165, 1.54) is 0 Å². The Bertz CT molecular complexity index is 481. The van der Waals surface area contributed by atoms with E-state index in [9.17, 15) is 22.8 Å². The number of carbonyl (C=O) groups is 2. The van der Waals surface area contributed by atoms with Gasteiger partial charge >= 0.3 is 18.2 Å². The Labute approximate surface area is 146 Å². The molecule has 1 N–H and O–H groups in total. The van der Waals surface area contributed by atoms with Crippen LogP contribution in [0.3, 0.4) is 0 Å². The maximum atomic E-state index is 12.5. The van der Waals surface area contributed by atoms with Crippen LogP contribution in [0.5, 0.6) is 0 Å². The first-order valence-electron chi connectivity index (χ1n) is 8.06. The Morgan fingerprint density at radius 2 is 1.64 bits per heavy atom. The summed E-state index contributed by atoms with van der Waals surface area (Å²) in [4.78, 5) is 23.7. The Hall–Kier alpha value is -1.73. The number of alkyl carbamates (subject to hydrolysis) is 1. The molecule has 0 saturated carbocycles. The van der Waals surface area contributed by atoms with Crippen LogP contribution in [-0.2, 0) is 14.3 Å². The van der Waals surface area contributed by atoms with Gasteiger partial charge in [-0.3, -0.25) is 0 Å². The van der Waals surface area contributed by atoms with Gasteiger partial charge in [0.1, 0.15) is 5.60 Å². The van der Waals surface area contributed by atoms with Gasteiger partial charge in [0.05, 0.1) is 0 Å². The van der Waals surface area contributed by atoms with E-state index in [2.05, 4.69) is 16.6 Å². The van der Waals surface area contributed by atoms with Crippen molar-refractivity contribution in [3.63, 3.8) is 0 Å². The van der Waals surface area contributed by atoms with E-state index in [0.717, 1.165) is 6.92 Å². The van der Waals surface area contributed by atoms with E-state index >= 15 is 0 Å². The average molecular weight is 367 g/mol. The monoisotopic (exact) mass is 367 g/mol. The van der Waals surface area contributed by atoms with Crippen LogP contribution in [0.2, 0.25) is 0 Å². The number of ether oxygens (including phenoxy) is 2. The number of alkyl halides is 3. The molecule has 0 aromatic carbocycles. The molecule has 25 heavy (non-hydrogen) atoms. The molecule has 0 spiro atoms. The highest BCUT2D eigenvalue weighted by atomic mass is 19.4. The zero-order chi connectivity index (χ0) is 20.0. The lowest BCUT2D eigenvalue weighted by molar-refractivity contribution is -0.214. The molecular weight excluding hydrogens is 339 g/mol. The first-order chi connectivity index (χ1) is 11.1. The molecule has 5 nitrogen and oxygen atoms in total. The smallest absolute Gasteiger partial charge is 0.425 e. The SMILES string of the molecule is C=C(CC(CC(C)C)NC(=O)OC(C)(C)C)C(=O)OC(C)C(F)(F)F. The maximum absolute atomic E-state index is 12.5. The number of carbonyl (C=O) groups excluding carboxylic acids is 2. The lowest BCUT2D eigenvalue weighted by Crippen LogP contribution is -2.40. The highest BCUT2D eigenvalue weighted by Crippen LogP contribution is 2.24. The fourth-order valence-electron chi connectivity index (χ4n) is 1.93. The molecular formula is C17H28F3NO4. The van der Waals surface area contributed by atoms with Crippen molar-refractivity contribution in [1.82, 2.24) is 5.32 Å². The Morgan fingerprint density at radius 3 is 2.04 bits per heavy atom. The second kappa shape index (κ2) is 9.10. The largest absolute Gasteiger partial charge is 0.450 e. The van der Waals surface area contributed by atoms with E-state index in [4.69, 9.17) is 4.74 Å². The van der Waals surface area contributed by atoms with Gasteiger partial charge in [-0.25, -0.2) is 9.59 Å². The molecule has 0 saturated heterocycles. The molecule has 0 fully saturated rings. The van der Waals surface area contributed by atoms with Crippen LogP contribution < -0.4 is 5.32 Å². The summed E-state index contributed by atoms with van der Waals surface area (Å²) in [6.07, 6.45) is -7.05. The normalized spacial score (nSPS) is 14.6. The highest BCUT2D eigenvalue weighted by Gasteiger charge is 2.39. The summed E-state index contributed by atoms with van der Waals surface area (Å²) in [6.45, 7) is 13.2. The van der Waals surface area contributed by atoms with E-state index < -0.39 is 36.0 Å². The molecule has 0 heterocycles. The molecule has 0 aliphatic rings. The summed E-state index contributed by atoms with van der Waals surface area (Å²) in [5.41, 5.74) is -0.831. The first kappa shape index (κ1) is 23.3. The molecule has 0 radical (unpaired) electrons. The minimum absolute atomic E-state index is 0.0270. The van der Waals surface area contributed by atoms with Crippen molar-refractivity contribution >= 4 is 12.1 Å². The quantitative estimate of drug-likeness (QED) is 0.536. The Kier molecular flexibility index (Phi) is 8.47. The van der Waals surface area contributed by atoms with Crippen molar-refractivity contribution in [2.45, 2.75) is 78.3 Å². The van der Waals surface area contributed by atoms with Crippen LogP contribution in [0, 0.1) is 5.92 Å². The molecule has 0 aliphatic carbocycles. The summed E-state index contributed by atoms with van der Waals surface area (Å²) >= 11 is 0. The minimum atomic E-state index is -4.64. The molecule has 0 aromatic rings. The van der Waals surface area contributed by atoms with Gasteiger partial charge in [-0.05, 0) is 46.5 Å². The standard InChI is InChI=1S/C17H28F3NO4/c1-10(2)8-13(21-15(23)25-16(5,6)7)9-11(3)14(22)24-12(4)17(18,19)20/h10,12-13H,3,8-9H2,1-2,4-7H3,(H,21,23). The highest BCUT2D eigenvalue weighted by molar-refractivity contribution is 5.88. The third kappa shape index (κ3) is 10.7. The van der Waals surface area contributed by atoms with Gasteiger partial charge in [-0.1, -0.05) is 20.4 Å². The van der Waals surface area contributed by atoms with E-state index in [0.29, 0.717) is 6.42 Å². The minimum Gasteiger partial charge on any atom is -0.450 e. The van der Waals surface area contributed by atoms with Crippen LogP contribution in [0.25, 0.3) is 0 Å². The van der Waals surface area contributed by atoms with E-state index in [1.807, 2.05) is 13.8 Å². The Balaban J connectivity index is 4.82. The predicted molar refractivity (Wildman–Crippen MR) is 88.0 cm³/mol. The molecule has 0 aliphatic heterocycles. The molecule has 146 valence electrons. The van der Waals surface area contributed by atoms with Gasteiger partial charge in [0, 0.05) is 11.6 Å². The van der Waals surface area contributed by atoms with E-state index in [1.54, 1.807) is 20.8 Å². The zero-order valence-corrected chi connectivity index (χ0v) is 15.6. The van der Waals surface area contributed by atoms with Crippen molar-refractivity contribution in [3.8, 4) is 0 Å². The van der Waals surface area contributed by atoms with Crippen LogP contribution in [0.15, 0.2) is 12.2 Å². The van der Waals surface area contributed by atoms with Gasteiger partial charge in [-0.15, -0.1) is 0 Å².